The standard InChI is InChI=1S/C18H17N3O2S/c1-21-17(14-6-4-7-15(22)10-14)12-24-18(21)20-19-11-13-5-3-8-16(9-13)23-2/h3-12,22H,1-2H3/b19-11-,20-18-. The highest BCUT2D eigenvalue weighted by molar-refractivity contribution is 7.07. The van der Waals surface area contributed by atoms with Crippen LogP contribution in [0.4, 0.5) is 0 Å². The maximum Gasteiger partial charge on any atom is 0.210 e. The fourth-order valence-electron chi connectivity index (χ4n) is 2.25. The topological polar surface area (TPSA) is 59.1 Å². The van der Waals surface area contributed by atoms with Crippen LogP contribution in [0.2, 0.25) is 0 Å². The Hall–Kier alpha value is -2.86. The first-order chi connectivity index (χ1) is 11.7. The summed E-state index contributed by atoms with van der Waals surface area (Å²) in [6, 6.07) is 14.8. The van der Waals surface area contributed by atoms with Gasteiger partial charge in [-0.3, -0.25) is 0 Å². The van der Waals surface area contributed by atoms with E-state index in [1.165, 1.54) is 11.3 Å². The van der Waals surface area contributed by atoms with Crippen LogP contribution in [0.5, 0.6) is 11.5 Å². The summed E-state index contributed by atoms with van der Waals surface area (Å²) in [6.45, 7) is 0. The van der Waals surface area contributed by atoms with E-state index in [0.717, 1.165) is 27.4 Å². The number of hydrogen-bond donors (Lipinski definition) is 1. The summed E-state index contributed by atoms with van der Waals surface area (Å²) in [5.41, 5.74) is 2.84. The molecule has 0 bridgehead atoms. The lowest BCUT2D eigenvalue weighted by molar-refractivity contribution is 0.415. The highest BCUT2D eigenvalue weighted by Crippen LogP contribution is 2.22. The van der Waals surface area contributed by atoms with Gasteiger partial charge in [-0.05, 0) is 29.8 Å². The smallest absolute Gasteiger partial charge is 0.210 e. The quantitative estimate of drug-likeness (QED) is 0.585. The van der Waals surface area contributed by atoms with Crippen molar-refractivity contribution in [3.63, 3.8) is 0 Å². The van der Waals surface area contributed by atoms with E-state index in [1.807, 2.05) is 53.4 Å². The molecule has 122 valence electrons. The van der Waals surface area contributed by atoms with E-state index in [-0.39, 0.29) is 5.75 Å². The molecular weight excluding hydrogens is 322 g/mol. The van der Waals surface area contributed by atoms with Crippen molar-refractivity contribution in [1.29, 1.82) is 0 Å². The minimum atomic E-state index is 0.244. The molecule has 5 nitrogen and oxygen atoms in total. The zero-order valence-corrected chi connectivity index (χ0v) is 14.2. The third-order valence-corrected chi connectivity index (χ3v) is 4.42. The number of aromatic hydroxyl groups is 1. The van der Waals surface area contributed by atoms with Gasteiger partial charge in [-0.15, -0.1) is 16.4 Å². The van der Waals surface area contributed by atoms with Crippen molar-refractivity contribution in [2.45, 2.75) is 0 Å². The maximum absolute atomic E-state index is 9.62. The van der Waals surface area contributed by atoms with E-state index >= 15 is 0 Å². The van der Waals surface area contributed by atoms with Crippen molar-refractivity contribution in [2.24, 2.45) is 17.3 Å². The molecular formula is C18H17N3O2S. The van der Waals surface area contributed by atoms with Gasteiger partial charge < -0.3 is 14.4 Å². The number of aromatic nitrogens is 1. The molecule has 0 spiro atoms. The number of rotatable bonds is 4. The van der Waals surface area contributed by atoms with Crippen LogP contribution in [0.1, 0.15) is 5.56 Å². The summed E-state index contributed by atoms with van der Waals surface area (Å²) in [6.07, 6.45) is 1.69. The number of thiazole rings is 1. The largest absolute Gasteiger partial charge is 0.508 e. The van der Waals surface area contributed by atoms with Crippen LogP contribution in [0, 0.1) is 0 Å². The molecule has 24 heavy (non-hydrogen) atoms. The van der Waals surface area contributed by atoms with Crippen LogP contribution in [0.15, 0.2) is 64.1 Å². The van der Waals surface area contributed by atoms with Crippen LogP contribution < -0.4 is 9.54 Å². The molecule has 0 saturated carbocycles. The molecule has 3 aromatic rings. The number of methoxy groups -OCH3 is 1. The highest BCUT2D eigenvalue weighted by atomic mass is 32.1. The Morgan fingerprint density at radius 3 is 2.79 bits per heavy atom. The second-order valence-corrected chi connectivity index (χ2v) is 5.97. The second kappa shape index (κ2) is 7.14. The molecule has 0 atom stereocenters. The summed E-state index contributed by atoms with van der Waals surface area (Å²) in [7, 11) is 3.56. The number of ether oxygens (including phenoxy) is 1. The number of phenolic OH excluding ortho intramolecular Hbond substituents is 1. The maximum atomic E-state index is 9.62. The second-order valence-electron chi connectivity index (χ2n) is 5.13. The first kappa shape index (κ1) is 16.0. The first-order valence-corrected chi connectivity index (χ1v) is 8.20. The summed E-state index contributed by atoms with van der Waals surface area (Å²) < 4.78 is 7.13. The van der Waals surface area contributed by atoms with Crippen molar-refractivity contribution in [3.05, 3.63) is 64.3 Å². The van der Waals surface area contributed by atoms with Gasteiger partial charge in [-0.25, -0.2) is 0 Å². The third-order valence-electron chi connectivity index (χ3n) is 3.51. The zero-order valence-electron chi connectivity index (χ0n) is 13.4. The Bertz CT molecular complexity index is 941. The van der Waals surface area contributed by atoms with Crippen LogP contribution in [-0.4, -0.2) is 23.0 Å². The molecule has 6 heteroatoms. The fraction of sp³-hybridized carbons (Fsp3) is 0.111. The third kappa shape index (κ3) is 3.55. The lowest BCUT2D eigenvalue weighted by Crippen LogP contribution is -2.10. The Morgan fingerprint density at radius 1 is 1.17 bits per heavy atom. The van der Waals surface area contributed by atoms with Crippen LogP contribution in [0.25, 0.3) is 11.3 Å². The van der Waals surface area contributed by atoms with Crippen LogP contribution in [-0.2, 0) is 7.05 Å². The highest BCUT2D eigenvalue weighted by Gasteiger charge is 2.05. The predicted octanol–water partition coefficient (Wildman–Crippen LogP) is 3.40. The zero-order chi connectivity index (χ0) is 16.9. The van der Waals surface area contributed by atoms with E-state index in [2.05, 4.69) is 10.2 Å². The molecule has 1 aromatic heterocycles. The van der Waals surface area contributed by atoms with E-state index in [9.17, 15) is 5.11 Å². The number of nitrogens with zero attached hydrogens (tertiary/aromatic N) is 3. The summed E-state index contributed by atoms with van der Waals surface area (Å²) in [4.78, 5) is 0.771. The molecule has 0 fully saturated rings. The molecule has 0 aliphatic heterocycles. The summed E-state index contributed by atoms with van der Waals surface area (Å²) in [5.74, 6) is 1.03. The fourth-order valence-corrected chi connectivity index (χ4v) is 3.12. The van der Waals surface area contributed by atoms with Gasteiger partial charge in [-0.2, -0.15) is 5.10 Å². The monoisotopic (exact) mass is 339 g/mol. The summed E-state index contributed by atoms with van der Waals surface area (Å²) >= 11 is 1.50. The predicted molar refractivity (Wildman–Crippen MR) is 96.5 cm³/mol. The van der Waals surface area contributed by atoms with Crippen molar-refractivity contribution >= 4 is 17.6 Å². The Labute approximate surface area is 143 Å². The average Bonchev–Trinajstić information content (AvgIpc) is 2.96. The average molecular weight is 339 g/mol. The van der Waals surface area contributed by atoms with Gasteiger partial charge in [0.05, 0.1) is 19.0 Å². The minimum Gasteiger partial charge on any atom is -0.508 e. The van der Waals surface area contributed by atoms with Gasteiger partial charge in [0.15, 0.2) is 0 Å². The lowest BCUT2D eigenvalue weighted by Gasteiger charge is -2.02. The Morgan fingerprint density at radius 2 is 2.00 bits per heavy atom. The number of phenols is 1. The van der Waals surface area contributed by atoms with Crippen LogP contribution >= 0.6 is 11.3 Å². The molecule has 1 N–H and O–H groups in total. The number of benzene rings is 2. The van der Waals surface area contributed by atoms with Crippen molar-refractivity contribution in [1.82, 2.24) is 4.57 Å². The Kier molecular flexibility index (Phi) is 4.77. The molecule has 0 unspecified atom stereocenters. The van der Waals surface area contributed by atoms with E-state index < -0.39 is 0 Å². The summed E-state index contributed by atoms with van der Waals surface area (Å²) in [5, 5.41) is 20.0. The molecule has 3 rings (SSSR count). The number of hydrogen-bond acceptors (Lipinski definition) is 5. The van der Waals surface area contributed by atoms with Gasteiger partial charge in [0, 0.05) is 18.0 Å². The van der Waals surface area contributed by atoms with Gasteiger partial charge in [-0.1, -0.05) is 24.3 Å². The molecule has 2 aromatic carbocycles. The normalized spacial score (nSPS) is 12.0. The Balaban J connectivity index is 1.87. The van der Waals surface area contributed by atoms with Gasteiger partial charge >= 0.3 is 0 Å². The molecule has 0 amide bonds. The first-order valence-electron chi connectivity index (χ1n) is 7.32. The van der Waals surface area contributed by atoms with Crippen molar-refractivity contribution < 1.29 is 9.84 Å². The van der Waals surface area contributed by atoms with E-state index in [0.29, 0.717) is 0 Å². The van der Waals surface area contributed by atoms with Crippen LogP contribution in [0.3, 0.4) is 0 Å². The van der Waals surface area contributed by atoms with Crippen molar-refractivity contribution in [3.8, 4) is 22.8 Å². The van der Waals surface area contributed by atoms with Crippen molar-refractivity contribution in [2.75, 3.05) is 7.11 Å². The molecule has 1 heterocycles. The minimum absolute atomic E-state index is 0.244. The molecule has 0 aliphatic rings. The van der Waals surface area contributed by atoms with Gasteiger partial charge in [0.2, 0.25) is 4.80 Å². The lowest BCUT2D eigenvalue weighted by atomic mass is 10.1. The SMILES string of the molecule is COc1cccc(/C=N\N=c2/scc(-c3cccc(O)c3)n2C)c1. The molecule has 0 aliphatic carbocycles. The molecule has 0 radical (unpaired) electrons. The van der Waals surface area contributed by atoms with Gasteiger partial charge in [0.1, 0.15) is 11.5 Å². The van der Waals surface area contributed by atoms with Gasteiger partial charge in [0.25, 0.3) is 0 Å². The van der Waals surface area contributed by atoms with E-state index in [4.69, 9.17) is 4.74 Å². The van der Waals surface area contributed by atoms with E-state index in [1.54, 1.807) is 25.5 Å². The molecule has 0 saturated heterocycles.